The molecule has 0 atom stereocenters. The first-order valence-corrected chi connectivity index (χ1v) is 7.24. The van der Waals surface area contributed by atoms with E-state index in [-0.39, 0.29) is 11.8 Å². The average Bonchev–Trinajstić information content (AvgIpc) is 2.48. The van der Waals surface area contributed by atoms with Gasteiger partial charge < -0.3 is 15.1 Å². The molecule has 0 aromatic heterocycles. The van der Waals surface area contributed by atoms with Crippen LogP contribution in [0.2, 0.25) is 0 Å². The van der Waals surface area contributed by atoms with Gasteiger partial charge in [0.25, 0.3) is 0 Å². The molecule has 2 rings (SSSR count). The van der Waals surface area contributed by atoms with Crippen LogP contribution in [-0.2, 0) is 0 Å². The number of hydrogen-bond acceptors (Lipinski definition) is 2. The standard InChI is InChI=1S/C15H22FN3O/c1-2-3-8-17-15(20)19-11-9-18(10-12-19)14-7-5-4-6-13(14)16/h4-7H,2-3,8-12H2,1H3,(H,17,20). The van der Waals surface area contributed by atoms with Crippen LogP contribution in [-0.4, -0.2) is 43.7 Å². The topological polar surface area (TPSA) is 35.6 Å². The average molecular weight is 279 g/mol. The zero-order valence-corrected chi connectivity index (χ0v) is 11.9. The smallest absolute Gasteiger partial charge is 0.317 e. The lowest BCUT2D eigenvalue weighted by atomic mass is 10.2. The van der Waals surface area contributed by atoms with E-state index in [9.17, 15) is 9.18 Å². The lowest BCUT2D eigenvalue weighted by Crippen LogP contribution is -2.52. The van der Waals surface area contributed by atoms with Gasteiger partial charge in [-0.3, -0.25) is 0 Å². The molecule has 1 aliphatic rings. The van der Waals surface area contributed by atoms with Crippen LogP contribution in [0.5, 0.6) is 0 Å². The maximum Gasteiger partial charge on any atom is 0.317 e. The Morgan fingerprint density at radius 2 is 1.95 bits per heavy atom. The lowest BCUT2D eigenvalue weighted by molar-refractivity contribution is 0.194. The maximum atomic E-state index is 13.7. The first-order valence-electron chi connectivity index (χ1n) is 7.24. The summed E-state index contributed by atoms with van der Waals surface area (Å²) in [6.45, 7) is 5.42. The molecule has 0 bridgehead atoms. The fraction of sp³-hybridized carbons (Fsp3) is 0.533. The number of amides is 2. The van der Waals surface area contributed by atoms with Crippen LogP contribution in [0.4, 0.5) is 14.9 Å². The Hall–Kier alpha value is -1.78. The summed E-state index contributed by atoms with van der Waals surface area (Å²) in [6, 6.07) is 6.77. The molecular formula is C15H22FN3O. The molecule has 0 aliphatic carbocycles. The number of carbonyl (C=O) groups is 1. The quantitative estimate of drug-likeness (QED) is 0.859. The first kappa shape index (κ1) is 14.6. The number of para-hydroxylation sites is 1. The van der Waals surface area contributed by atoms with Gasteiger partial charge >= 0.3 is 6.03 Å². The molecule has 0 spiro atoms. The molecule has 1 aliphatic heterocycles. The summed E-state index contributed by atoms with van der Waals surface area (Å²) in [5.41, 5.74) is 0.624. The number of halogens is 1. The number of rotatable bonds is 4. The van der Waals surface area contributed by atoms with Crippen molar-refractivity contribution >= 4 is 11.7 Å². The SMILES string of the molecule is CCCCNC(=O)N1CCN(c2ccccc2F)CC1. The fourth-order valence-corrected chi connectivity index (χ4v) is 2.34. The Morgan fingerprint density at radius 1 is 1.25 bits per heavy atom. The molecule has 20 heavy (non-hydrogen) atoms. The summed E-state index contributed by atoms with van der Waals surface area (Å²) in [5, 5.41) is 2.91. The van der Waals surface area contributed by atoms with Crippen LogP contribution in [0, 0.1) is 5.82 Å². The molecule has 1 aromatic carbocycles. The largest absolute Gasteiger partial charge is 0.366 e. The molecule has 1 aromatic rings. The van der Waals surface area contributed by atoms with Crippen molar-refractivity contribution in [2.45, 2.75) is 19.8 Å². The van der Waals surface area contributed by atoms with Gasteiger partial charge in [-0.15, -0.1) is 0 Å². The second-order valence-corrected chi connectivity index (χ2v) is 5.01. The number of piperazine rings is 1. The monoisotopic (exact) mass is 279 g/mol. The zero-order valence-electron chi connectivity index (χ0n) is 11.9. The number of urea groups is 1. The van der Waals surface area contributed by atoms with Gasteiger partial charge in [-0.25, -0.2) is 9.18 Å². The number of carbonyl (C=O) groups excluding carboxylic acids is 1. The number of hydrogen-bond donors (Lipinski definition) is 1. The minimum atomic E-state index is -0.201. The number of anilines is 1. The number of nitrogens with one attached hydrogen (secondary N) is 1. The highest BCUT2D eigenvalue weighted by atomic mass is 19.1. The third-order valence-electron chi connectivity index (χ3n) is 3.57. The van der Waals surface area contributed by atoms with Gasteiger partial charge in [-0.1, -0.05) is 25.5 Å². The van der Waals surface area contributed by atoms with Gasteiger partial charge in [0.05, 0.1) is 5.69 Å². The summed E-state index contributed by atoms with van der Waals surface area (Å²) in [4.78, 5) is 15.7. The van der Waals surface area contributed by atoms with E-state index in [4.69, 9.17) is 0 Å². The minimum absolute atomic E-state index is 0.00775. The highest BCUT2D eigenvalue weighted by molar-refractivity contribution is 5.74. The highest BCUT2D eigenvalue weighted by Crippen LogP contribution is 2.20. The molecule has 5 heteroatoms. The second kappa shape index (κ2) is 7.12. The number of unbranched alkanes of at least 4 members (excludes halogenated alkanes) is 1. The minimum Gasteiger partial charge on any atom is -0.366 e. The Balaban J connectivity index is 1.83. The van der Waals surface area contributed by atoms with Crippen LogP contribution < -0.4 is 10.2 Å². The molecule has 1 saturated heterocycles. The fourth-order valence-electron chi connectivity index (χ4n) is 2.34. The summed E-state index contributed by atoms with van der Waals surface area (Å²) < 4.78 is 13.7. The third kappa shape index (κ3) is 3.62. The van der Waals surface area contributed by atoms with Gasteiger partial charge in [-0.05, 0) is 18.6 Å². The molecule has 0 unspecified atom stereocenters. The molecule has 1 heterocycles. The van der Waals surface area contributed by atoms with E-state index >= 15 is 0 Å². The van der Waals surface area contributed by atoms with Crippen molar-refractivity contribution in [3.63, 3.8) is 0 Å². The zero-order chi connectivity index (χ0) is 14.4. The van der Waals surface area contributed by atoms with Crippen molar-refractivity contribution in [3.05, 3.63) is 30.1 Å². The van der Waals surface area contributed by atoms with E-state index in [1.807, 2.05) is 11.0 Å². The maximum absolute atomic E-state index is 13.7. The Morgan fingerprint density at radius 3 is 2.60 bits per heavy atom. The molecular weight excluding hydrogens is 257 g/mol. The normalized spacial score (nSPS) is 15.3. The van der Waals surface area contributed by atoms with Gasteiger partial charge in [0, 0.05) is 32.7 Å². The van der Waals surface area contributed by atoms with Crippen molar-refractivity contribution in [3.8, 4) is 0 Å². The molecule has 0 radical (unpaired) electrons. The molecule has 4 nitrogen and oxygen atoms in total. The predicted molar refractivity (Wildman–Crippen MR) is 78.5 cm³/mol. The predicted octanol–water partition coefficient (Wildman–Crippen LogP) is 2.46. The summed E-state index contributed by atoms with van der Waals surface area (Å²) in [5.74, 6) is -0.201. The van der Waals surface area contributed by atoms with Crippen LogP contribution >= 0.6 is 0 Å². The molecule has 1 N–H and O–H groups in total. The molecule has 0 saturated carbocycles. The second-order valence-electron chi connectivity index (χ2n) is 5.01. The van der Waals surface area contributed by atoms with E-state index in [1.54, 1.807) is 17.0 Å². The number of benzene rings is 1. The van der Waals surface area contributed by atoms with Gasteiger partial charge in [0.2, 0.25) is 0 Å². The van der Waals surface area contributed by atoms with E-state index in [0.29, 0.717) is 31.9 Å². The van der Waals surface area contributed by atoms with Gasteiger partial charge in [-0.2, -0.15) is 0 Å². The van der Waals surface area contributed by atoms with E-state index in [0.717, 1.165) is 19.4 Å². The Labute approximate surface area is 119 Å². The third-order valence-corrected chi connectivity index (χ3v) is 3.57. The number of nitrogens with zero attached hydrogens (tertiary/aromatic N) is 2. The highest BCUT2D eigenvalue weighted by Gasteiger charge is 2.22. The Bertz CT molecular complexity index is 444. The van der Waals surface area contributed by atoms with E-state index in [1.165, 1.54) is 6.07 Å². The van der Waals surface area contributed by atoms with E-state index < -0.39 is 0 Å². The molecule has 110 valence electrons. The van der Waals surface area contributed by atoms with E-state index in [2.05, 4.69) is 12.2 Å². The van der Waals surface area contributed by atoms with Gasteiger partial charge in [0.1, 0.15) is 5.82 Å². The first-order chi connectivity index (χ1) is 9.72. The summed E-state index contributed by atoms with van der Waals surface area (Å²) >= 11 is 0. The van der Waals surface area contributed by atoms with Crippen molar-refractivity contribution in [2.24, 2.45) is 0 Å². The van der Waals surface area contributed by atoms with Crippen LogP contribution in [0.1, 0.15) is 19.8 Å². The summed E-state index contributed by atoms with van der Waals surface area (Å²) in [7, 11) is 0. The van der Waals surface area contributed by atoms with Crippen LogP contribution in [0.25, 0.3) is 0 Å². The summed E-state index contributed by atoms with van der Waals surface area (Å²) in [6.07, 6.45) is 2.07. The van der Waals surface area contributed by atoms with Crippen molar-refractivity contribution in [1.29, 1.82) is 0 Å². The molecule has 1 fully saturated rings. The van der Waals surface area contributed by atoms with Crippen LogP contribution in [0.3, 0.4) is 0 Å². The Kier molecular flexibility index (Phi) is 5.21. The molecule has 2 amide bonds. The van der Waals surface area contributed by atoms with Crippen molar-refractivity contribution in [1.82, 2.24) is 10.2 Å². The lowest BCUT2D eigenvalue weighted by Gasteiger charge is -2.36. The van der Waals surface area contributed by atoms with Crippen LogP contribution in [0.15, 0.2) is 24.3 Å². The van der Waals surface area contributed by atoms with Crippen molar-refractivity contribution in [2.75, 3.05) is 37.6 Å². The van der Waals surface area contributed by atoms with Gasteiger partial charge in [0.15, 0.2) is 0 Å². The van der Waals surface area contributed by atoms with Crippen molar-refractivity contribution < 1.29 is 9.18 Å².